The molecular weight excluding hydrogens is 219 g/mol. The van der Waals surface area contributed by atoms with Crippen LogP contribution in [0.15, 0.2) is 18.3 Å². The first kappa shape index (κ1) is 10.2. The molecule has 0 radical (unpaired) electrons. The number of halogens is 2. The number of aromatic nitrogens is 1. The third kappa shape index (κ3) is 2.02. The molecule has 4 heteroatoms. The topological polar surface area (TPSA) is 24.9 Å². The number of rotatable bonds is 2. The van der Waals surface area contributed by atoms with Gasteiger partial charge in [-0.25, -0.2) is 4.98 Å². The van der Waals surface area contributed by atoms with Crippen molar-refractivity contribution in [1.29, 1.82) is 0 Å². The average Bonchev–Trinajstić information content (AvgIpc) is 2.67. The van der Waals surface area contributed by atoms with Crippen LogP contribution in [-0.2, 0) is 0 Å². The zero-order valence-corrected chi connectivity index (χ0v) is 9.22. The van der Waals surface area contributed by atoms with Crippen molar-refractivity contribution in [2.45, 2.75) is 5.92 Å². The van der Waals surface area contributed by atoms with Crippen LogP contribution in [0, 0.1) is 5.92 Å². The molecule has 2 unspecified atom stereocenters. The lowest BCUT2D eigenvalue weighted by atomic mass is 9.91. The van der Waals surface area contributed by atoms with Crippen LogP contribution in [0.5, 0.6) is 0 Å². The molecule has 1 aromatic rings. The van der Waals surface area contributed by atoms with Crippen molar-refractivity contribution >= 4 is 23.2 Å². The van der Waals surface area contributed by atoms with Crippen molar-refractivity contribution in [3.05, 3.63) is 29.0 Å². The van der Waals surface area contributed by atoms with Gasteiger partial charge in [-0.15, -0.1) is 11.6 Å². The molecule has 2 atom stereocenters. The Morgan fingerprint density at radius 3 is 2.93 bits per heavy atom. The van der Waals surface area contributed by atoms with E-state index in [1.807, 2.05) is 18.3 Å². The minimum absolute atomic E-state index is 0.484. The van der Waals surface area contributed by atoms with Crippen molar-refractivity contribution in [1.82, 2.24) is 10.3 Å². The van der Waals surface area contributed by atoms with E-state index < -0.39 is 0 Å². The van der Waals surface area contributed by atoms with Gasteiger partial charge >= 0.3 is 0 Å². The van der Waals surface area contributed by atoms with E-state index in [1.54, 1.807) is 0 Å². The van der Waals surface area contributed by atoms with E-state index in [0.29, 0.717) is 22.9 Å². The second kappa shape index (κ2) is 4.47. The highest BCUT2D eigenvalue weighted by Crippen LogP contribution is 2.28. The van der Waals surface area contributed by atoms with E-state index in [9.17, 15) is 0 Å². The molecular formula is C10H12Cl2N2. The molecule has 14 heavy (non-hydrogen) atoms. The number of hydrogen-bond acceptors (Lipinski definition) is 2. The second-order valence-corrected chi connectivity index (χ2v) is 4.29. The van der Waals surface area contributed by atoms with Gasteiger partial charge in [-0.05, 0) is 24.1 Å². The fraction of sp³-hybridized carbons (Fsp3) is 0.500. The van der Waals surface area contributed by atoms with Gasteiger partial charge < -0.3 is 5.32 Å². The summed E-state index contributed by atoms with van der Waals surface area (Å²) in [6.07, 6.45) is 1.85. The van der Waals surface area contributed by atoms with Gasteiger partial charge in [0, 0.05) is 24.5 Å². The molecule has 1 aliphatic rings. The Bertz CT molecular complexity index is 299. The molecule has 0 amide bonds. The summed E-state index contributed by atoms with van der Waals surface area (Å²) in [5, 5.41) is 3.88. The average molecular weight is 231 g/mol. The molecule has 0 bridgehead atoms. The molecule has 0 saturated carbocycles. The summed E-state index contributed by atoms with van der Waals surface area (Å²) < 4.78 is 0. The van der Waals surface area contributed by atoms with E-state index >= 15 is 0 Å². The number of pyridine rings is 1. The standard InChI is InChI=1S/C10H12Cl2N2/c11-3-8-4-13-6-9(8)7-1-2-10(12)14-5-7/h1-2,5,8-9,13H,3-4,6H2. The Morgan fingerprint density at radius 2 is 2.29 bits per heavy atom. The van der Waals surface area contributed by atoms with E-state index in [0.717, 1.165) is 13.1 Å². The molecule has 1 fully saturated rings. The Balaban J connectivity index is 2.17. The summed E-state index contributed by atoms with van der Waals surface area (Å²) in [5.41, 5.74) is 1.23. The normalized spacial score (nSPS) is 26.7. The Labute approximate surface area is 93.6 Å². The molecule has 76 valence electrons. The van der Waals surface area contributed by atoms with E-state index in [-0.39, 0.29) is 0 Å². The van der Waals surface area contributed by atoms with Crippen LogP contribution in [0.1, 0.15) is 11.5 Å². The molecule has 0 aromatic carbocycles. The maximum absolute atomic E-state index is 5.90. The fourth-order valence-electron chi connectivity index (χ4n) is 1.89. The Morgan fingerprint density at radius 1 is 1.43 bits per heavy atom. The van der Waals surface area contributed by atoms with Crippen molar-refractivity contribution < 1.29 is 0 Å². The van der Waals surface area contributed by atoms with Crippen molar-refractivity contribution in [3.63, 3.8) is 0 Å². The lowest BCUT2D eigenvalue weighted by molar-refractivity contribution is 0.577. The van der Waals surface area contributed by atoms with Gasteiger partial charge in [-0.3, -0.25) is 0 Å². The lowest BCUT2D eigenvalue weighted by Gasteiger charge is -2.15. The summed E-state index contributed by atoms with van der Waals surface area (Å²) in [5.74, 6) is 1.69. The number of hydrogen-bond donors (Lipinski definition) is 1. The minimum Gasteiger partial charge on any atom is -0.316 e. The monoisotopic (exact) mass is 230 g/mol. The van der Waals surface area contributed by atoms with Crippen molar-refractivity contribution in [3.8, 4) is 0 Å². The predicted octanol–water partition coefficient (Wildman–Crippen LogP) is 2.28. The summed E-state index contributed by atoms with van der Waals surface area (Å²) in [7, 11) is 0. The van der Waals surface area contributed by atoms with Crippen LogP contribution in [0.2, 0.25) is 5.15 Å². The zero-order chi connectivity index (χ0) is 9.97. The molecule has 0 spiro atoms. The van der Waals surface area contributed by atoms with Crippen LogP contribution in [0.3, 0.4) is 0 Å². The highest BCUT2D eigenvalue weighted by Gasteiger charge is 2.27. The molecule has 1 aromatic heterocycles. The highest BCUT2D eigenvalue weighted by molar-refractivity contribution is 6.29. The number of alkyl halides is 1. The van der Waals surface area contributed by atoms with E-state index in [4.69, 9.17) is 23.2 Å². The van der Waals surface area contributed by atoms with Crippen LogP contribution in [-0.4, -0.2) is 24.0 Å². The summed E-state index contributed by atoms with van der Waals surface area (Å²) >= 11 is 11.6. The number of nitrogens with zero attached hydrogens (tertiary/aromatic N) is 1. The zero-order valence-electron chi connectivity index (χ0n) is 7.71. The molecule has 2 nitrogen and oxygen atoms in total. The van der Waals surface area contributed by atoms with Gasteiger partial charge in [0.25, 0.3) is 0 Å². The van der Waals surface area contributed by atoms with Crippen molar-refractivity contribution in [2.24, 2.45) is 5.92 Å². The molecule has 0 aliphatic carbocycles. The smallest absolute Gasteiger partial charge is 0.129 e. The highest BCUT2D eigenvalue weighted by atomic mass is 35.5. The predicted molar refractivity (Wildman–Crippen MR) is 59.1 cm³/mol. The minimum atomic E-state index is 0.484. The third-order valence-corrected chi connectivity index (χ3v) is 3.34. The largest absolute Gasteiger partial charge is 0.316 e. The van der Waals surface area contributed by atoms with Gasteiger partial charge in [0.15, 0.2) is 0 Å². The van der Waals surface area contributed by atoms with Crippen LogP contribution in [0.25, 0.3) is 0 Å². The Kier molecular flexibility index (Phi) is 3.26. The van der Waals surface area contributed by atoms with E-state index in [2.05, 4.69) is 10.3 Å². The number of nitrogens with one attached hydrogen (secondary N) is 1. The van der Waals surface area contributed by atoms with Crippen LogP contribution >= 0.6 is 23.2 Å². The third-order valence-electron chi connectivity index (χ3n) is 2.72. The lowest BCUT2D eigenvalue weighted by Crippen LogP contribution is -2.12. The quantitative estimate of drug-likeness (QED) is 0.623. The maximum Gasteiger partial charge on any atom is 0.129 e. The first-order valence-corrected chi connectivity index (χ1v) is 5.60. The maximum atomic E-state index is 5.90. The fourth-order valence-corrected chi connectivity index (χ4v) is 2.33. The molecule has 2 rings (SSSR count). The molecule has 1 aliphatic heterocycles. The van der Waals surface area contributed by atoms with Gasteiger partial charge in [0.2, 0.25) is 0 Å². The van der Waals surface area contributed by atoms with Gasteiger partial charge in [0.1, 0.15) is 5.15 Å². The summed E-state index contributed by atoms with van der Waals surface area (Å²) in [6, 6.07) is 3.87. The second-order valence-electron chi connectivity index (χ2n) is 3.59. The van der Waals surface area contributed by atoms with Gasteiger partial charge in [-0.1, -0.05) is 17.7 Å². The Hall–Kier alpha value is -0.310. The van der Waals surface area contributed by atoms with Gasteiger partial charge in [0.05, 0.1) is 0 Å². The molecule has 1 N–H and O–H groups in total. The van der Waals surface area contributed by atoms with Crippen LogP contribution in [0.4, 0.5) is 0 Å². The van der Waals surface area contributed by atoms with Crippen molar-refractivity contribution in [2.75, 3.05) is 19.0 Å². The molecule has 2 heterocycles. The summed E-state index contributed by atoms with van der Waals surface area (Å²) in [4.78, 5) is 4.09. The SMILES string of the molecule is ClCC1CNCC1c1ccc(Cl)nc1. The molecule has 1 saturated heterocycles. The first-order valence-electron chi connectivity index (χ1n) is 4.69. The van der Waals surface area contributed by atoms with E-state index in [1.165, 1.54) is 5.56 Å². The first-order chi connectivity index (χ1) is 6.81. The van der Waals surface area contributed by atoms with Gasteiger partial charge in [-0.2, -0.15) is 0 Å². The summed E-state index contributed by atoms with van der Waals surface area (Å²) in [6.45, 7) is 1.98. The van der Waals surface area contributed by atoms with Crippen LogP contribution < -0.4 is 5.32 Å².